The number of benzene rings is 3. The number of hydrogen-bond acceptors (Lipinski definition) is 7. The Labute approximate surface area is 254 Å². The summed E-state index contributed by atoms with van der Waals surface area (Å²) < 4.78 is -0.142. The molecule has 3 rings (SSSR count). The van der Waals surface area contributed by atoms with Gasteiger partial charge >= 0.3 is 23.9 Å². The normalized spacial score (nSPS) is 11.2. The van der Waals surface area contributed by atoms with E-state index < -0.39 is 29.3 Å². The number of aliphatic carboxylic acids is 4. The first-order chi connectivity index (χ1) is 20.7. The molecule has 0 atom stereocenters. The fourth-order valence-corrected chi connectivity index (χ4v) is 4.88. The van der Waals surface area contributed by atoms with Gasteiger partial charge in [0.25, 0.3) is 0 Å². The standard InChI is InChI=1S/C20H18O3.C12H19NO8/c1-20(14-2-8-17(21)9-3-14,15-4-10-18(22)11-5-15)16-6-12-19(23)13-7-16;14-9(15)1-5-13(6-2-10(16)17,7-3-11(18)19)8-4-12(20)21/h2-13,21-23H,1H3;1-8H2,(H3-,14,15,16,17,18,19,20,21). The molecule has 0 aromatic heterocycles. The van der Waals surface area contributed by atoms with Crippen LogP contribution < -0.4 is 5.11 Å². The summed E-state index contributed by atoms with van der Waals surface area (Å²) in [6.07, 6.45) is -1.12. The minimum absolute atomic E-state index is 0.00315. The zero-order chi connectivity index (χ0) is 32.9. The van der Waals surface area contributed by atoms with Crippen LogP contribution in [-0.2, 0) is 24.6 Å². The maximum absolute atomic E-state index is 11.4. The van der Waals surface area contributed by atoms with Crippen molar-refractivity contribution in [3.05, 3.63) is 89.5 Å². The van der Waals surface area contributed by atoms with Gasteiger partial charge in [-0.2, -0.15) is 0 Å². The molecule has 3 aromatic carbocycles. The largest absolute Gasteiger partial charge is 0.872 e. The van der Waals surface area contributed by atoms with E-state index in [9.17, 15) is 34.5 Å². The quantitative estimate of drug-likeness (QED) is 0.108. The lowest BCUT2D eigenvalue weighted by Gasteiger charge is -2.37. The van der Waals surface area contributed by atoms with Crippen molar-refractivity contribution in [1.82, 2.24) is 0 Å². The number of rotatable bonds is 15. The zero-order valence-corrected chi connectivity index (χ0v) is 24.3. The van der Waals surface area contributed by atoms with Crippen LogP contribution in [0.15, 0.2) is 72.8 Å². The molecule has 0 spiro atoms. The summed E-state index contributed by atoms with van der Waals surface area (Å²) in [7, 11) is 0. The first-order valence-electron chi connectivity index (χ1n) is 13.8. The van der Waals surface area contributed by atoms with Crippen molar-refractivity contribution in [2.75, 3.05) is 26.2 Å². The molecule has 3 aromatic rings. The van der Waals surface area contributed by atoms with Gasteiger partial charge in [0.1, 0.15) is 11.5 Å². The van der Waals surface area contributed by atoms with Crippen LogP contribution in [0.25, 0.3) is 0 Å². The van der Waals surface area contributed by atoms with Gasteiger partial charge in [-0.05, 0) is 47.9 Å². The van der Waals surface area contributed by atoms with Crippen molar-refractivity contribution in [2.24, 2.45) is 0 Å². The van der Waals surface area contributed by atoms with Crippen molar-refractivity contribution < 1.29 is 59.4 Å². The molecule has 44 heavy (non-hydrogen) atoms. The fraction of sp³-hybridized carbons (Fsp3) is 0.312. The zero-order valence-electron chi connectivity index (χ0n) is 24.3. The molecule has 0 radical (unpaired) electrons. The highest BCUT2D eigenvalue weighted by Crippen LogP contribution is 2.40. The predicted molar refractivity (Wildman–Crippen MR) is 156 cm³/mol. The van der Waals surface area contributed by atoms with Crippen molar-refractivity contribution in [2.45, 2.75) is 38.0 Å². The van der Waals surface area contributed by atoms with E-state index in [1.54, 1.807) is 36.4 Å². The first kappa shape index (κ1) is 35.1. The smallest absolute Gasteiger partial charge is 0.309 e. The highest BCUT2D eigenvalue weighted by Gasteiger charge is 2.32. The third-order valence-electron chi connectivity index (χ3n) is 7.52. The van der Waals surface area contributed by atoms with Crippen molar-refractivity contribution >= 4 is 23.9 Å². The summed E-state index contributed by atoms with van der Waals surface area (Å²) in [5.74, 6) is -4.02. The maximum atomic E-state index is 11.4. The molecule has 0 amide bonds. The molecule has 0 fully saturated rings. The van der Waals surface area contributed by atoms with E-state index in [4.69, 9.17) is 20.4 Å². The summed E-state index contributed by atoms with van der Waals surface area (Å²) in [4.78, 5) is 42.8. The molecule has 0 bridgehead atoms. The Balaban J connectivity index is 0.000000309. The average molecular weight is 612 g/mol. The Morgan fingerprint density at radius 2 is 0.795 bits per heavy atom. The second-order valence-electron chi connectivity index (χ2n) is 10.6. The molecule has 236 valence electrons. The van der Waals surface area contributed by atoms with Crippen LogP contribution in [0.1, 0.15) is 49.3 Å². The highest BCUT2D eigenvalue weighted by atomic mass is 16.4. The average Bonchev–Trinajstić information content (AvgIpc) is 2.97. The molecule has 0 unspecified atom stereocenters. The molecule has 0 saturated carbocycles. The first-order valence-corrected chi connectivity index (χ1v) is 13.8. The van der Waals surface area contributed by atoms with Gasteiger partial charge in [-0.1, -0.05) is 48.5 Å². The second-order valence-corrected chi connectivity index (χ2v) is 10.6. The summed E-state index contributed by atoms with van der Waals surface area (Å²) in [5, 5.41) is 65.6. The minimum atomic E-state index is -1.10. The van der Waals surface area contributed by atoms with Crippen LogP contribution in [0, 0.1) is 0 Å². The van der Waals surface area contributed by atoms with Gasteiger partial charge in [-0.3, -0.25) is 19.2 Å². The van der Waals surface area contributed by atoms with Crippen LogP contribution >= 0.6 is 0 Å². The number of carboxylic acid groups (broad SMARTS) is 4. The summed E-state index contributed by atoms with van der Waals surface area (Å²) in [6, 6.07) is 20.8. The molecule has 6 N–H and O–H groups in total. The molecular weight excluding hydrogens is 574 g/mol. The van der Waals surface area contributed by atoms with Gasteiger partial charge in [-0.25, -0.2) is 0 Å². The van der Waals surface area contributed by atoms with Crippen LogP contribution in [-0.4, -0.2) is 85.2 Å². The van der Waals surface area contributed by atoms with Crippen molar-refractivity contribution in [1.29, 1.82) is 0 Å². The number of quaternary nitrogens is 1. The van der Waals surface area contributed by atoms with Crippen molar-refractivity contribution in [3.8, 4) is 17.2 Å². The second kappa shape index (κ2) is 15.9. The Kier molecular flexibility index (Phi) is 12.7. The number of aromatic hydroxyl groups is 2. The molecule has 0 aliphatic heterocycles. The van der Waals surface area contributed by atoms with Crippen LogP contribution in [0.4, 0.5) is 0 Å². The number of carboxylic acids is 4. The van der Waals surface area contributed by atoms with Crippen LogP contribution in [0.3, 0.4) is 0 Å². The predicted octanol–water partition coefficient (Wildman–Crippen LogP) is 3.23. The highest BCUT2D eigenvalue weighted by molar-refractivity contribution is 5.68. The van der Waals surface area contributed by atoms with Gasteiger partial charge in [0.05, 0.1) is 51.9 Å². The molecule has 0 aliphatic rings. The summed E-state index contributed by atoms with van der Waals surface area (Å²) in [6.45, 7) is 2.07. The molecule has 0 saturated heterocycles. The maximum Gasteiger partial charge on any atom is 0.309 e. The lowest BCUT2D eigenvalue weighted by molar-refractivity contribution is -0.926. The monoisotopic (exact) mass is 611 g/mol. The third kappa shape index (κ3) is 10.6. The van der Waals surface area contributed by atoms with Crippen molar-refractivity contribution in [3.63, 3.8) is 0 Å². The van der Waals surface area contributed by atoms with Gasteiger partial charge in [0, 0.05) is 5.41 Å². The summed E-state index contributed by atoms with van der Waals surface area (Å²) >= 11 is 0. The Bertz CT molecular complexity index is 1210. The molecule has 0 heterocycles. The van der Waals surface area contributed by atoms with E-state index in [2.05, 4.69) is 6.92 Å². The minimum Gasteiger partial charge on any atom is -0.872 e. The van der Waals surface area contributed by atoms with Crippen LogP contribution in [0.2, 0.25) is 0 Å². The van der Waals surface area contributed by atoms with E-state index in [1.807, 2.05) is 36.4 Å². The molecule has 0 aliphatic carbocycles. The van der Waals surface area contributed by atoms with Gasteiger partial charge in [0.15, 0.2) is 0 Å². The van der Waals surface area contributed by atoms with E-state index >= 15 is 0 Å². The number of carbonyl (C=O) groups is 4. The topological polar surface area (TPSA) is 213 Å². The number of phenolic OH excluding ortho intramolecular Hbond substituents is 2. The lowest BCUT2D eigenvalue weighted by Crippen LogP contribution is -2.52. The van der Waals surface area contributed by atoms with E-state index in [-0.39, 0.29) is 73.6 Å². The fourth-order valence-electron chi connectivity index (χ4n) is 4.88. The van der Waals surface area contributed by atoms with Gasteiger partial charge < -0.3 is 40.2 Å². The Morgan fingerprint density at radius 1 is 0.545 bits per heavy atom. The molecular formula is C32H37NO11. The van der Waals surface area contributed by atoms with E-state index in [0.717, 1.165) is 16.7 Å². The lowest BCUT2D eigenvalue weighted by atomic mass is 9.71. The number of nitrogens with zero attached hydrogens (tertiary/aromatic N) is 1. The van der Waals surface area contributed by atoms with Gasteiger partial charge in [0.2, 0.25) is 0 Å². The van der Waals surface area contributed by atoms with Crippen LogP contribution in [0.5, 0.6) is 17.2 Å². The Morgan fingerprint density at radius 3 is 1.05 bits per heavy atom. The number of phenols is 2. The number of hydrogen-bond donors (Lipinski definition) is 6. The van der Waals surface area contributed by atoms with E-state index in [0.29, 0.717) is 0 Å². The molecule has 12 nitrogen and oxygen atoms in total. The molecule has 12 heteroatoms. The van der Waals surface area contributed by atoms with Gasteiger partial charge in [-0.15, -0.1) is 5.75 Å². The summed E-state index contributed by atoms with van der Waals surface area (Å²) in [5.41, 5.74) is 2.43. The SMILES string of the molecule is CC(c1ccc([O-])cc1)(c1ccc(O)cc1)c1ccc(O)cc1.O=C(O)CC[N+](CCC(=O)O)(CCC(=O)O)CCC(=O)O. The third-order valence-corrected chi connectivity index (χ3v) is 7.52. The van der Waals surface area contributed by atoms with E-state index in [1.165, 1.54) is 0 Å². The Hall–Kier alpha value is -5.10.